The lowest BCUT2D eigenvalue weighted by molar-refractivity contribution is 0.172. The molecule has 6 rings (SSSR count). The van der Waals surface area contributed by atoms with Gasteiger partial charge in [0.15, 0.2) is 0 Å². The minimum atomic E-state index is -2.73. The van der Waals surface area contributed by atoms with Crippen molar-refractivity contribution in [3.05, 3.63) is 47.3 Å². The number of likely N-dealkylation sites (N-methyl/N-ethyl adjacent to an activating group) is 1. The number of ether oxygens (including phenoxy) is 2. The van der Waals surface area contributed by atoms with Crippen LogP contribution >= 0.6 is 23.1 Å². The Labute approximate surface area is 247 Å². The number of piperazine rings is 1. The molecule has 0 unspecified atom stereocenters. The van der Waals surface area contributed by atoms with Crippen LogP contribution < -0.4 is 30.3 Å². The van der Waals surface area contributed by atoms with E-state index in [-0.39, 0.29) is 0 Å². The summed E-state index contributed by atoms with van der Waals surface area (Å²) in [6.07, 6.45) is 4.89. The third-order valence-corrected chi connectivity index (χ3v) is 9.54. The van der Waals surface area contributed by atoms with E-state index in [9.17, 15) is 4.57 Å². The first-order chi connectivity index (χ1) is 19.7. The molecule has 13 heteroatoms. The number of halogens is 1. The largest absolute Gasteiger partial charge is 0.494 e. The Balaban J connectivity index is 1.30. The van der Waals surface area contributed by atoms with Crippen molar-refractivity contribution in [2.45, 2.75) is 13.0 Å². The molecule has 0 radical (unpaired) electrons. The number of rotatable bonds is 7. The molecule has 4 heterocycles. The predicted octanol–water partition coefficient (Wildman–Crippen LogP) is 4.83. The summed E-state index contributed by atoms with van der Waals surface area (Å²) in [5.41, 5.74) is 3.66. The van der Waals surface area contributed by atoms with Gasteiger partial charge >= 0.3 is 0 Å². The van der Waals surface area contributed by atoms with Gasteiger partial charge in [0.25, 0.3) is 0 Å². The summed E-state index contributed by atoms with van der Waals surface area (Å²) in [4.78, 5) is 22.9. The summed E-state index contributed by atoms with van der Waals surface area (Å²) < 4.78 is 26.0. The molecule has 2 aliphatic rings. The second-order valence-corrected chi connectivity index (χ2v) is 14.5. The van der Waals surface area contributed by atoms with E-state index in [1.165, 1.54) is 0 Å². The zero-order valence-electron chi connectivity index (χ0n) is 23.4. The lowest BCUT2D eigenvalue weighted by Gasteiger charge is -2.45. The van der Waals surface area contributed by atoms with Crippen molar-refractivity contribution >= 4 is 68.2 Å². The van der Waals surface area contributed by atoms with E-state index < -0.39 is 7.14 Å². The van der Waals surface area contributed by atoms with E-state index in [2.05, 4.69) is 58.2 Å². The van der Waals surface area contributed by atoms with Crippen LogP contribution in [0.3, 0.4) is 0 Å². The van der Waals surface area contributed by atoms with Gasteiger partial charge in [-0.25, -0.2) is 4.98 Å². The molecule has 11 nitrogen and oxygen atoms in total. The Morgan fingerprint density at radius 2 is 1.95 bits per heavy atom. The standard InChI is InChI=1S/C28H32BrN8O3P/c1-5-36-10-11-37-17(15-36)16-40-24-12-21(23(39-2)13-22(24)37)34-28-32-14-18(29)27(35-28)33-20-7-6-19-25(31-9-8-30-19)26(20)41(3,4)38/h6-9,12-14,17H,5,10-11,15-16H2,1-4H3,(H2,32,33,34,35)/t17-/m1/s1. The highest BCUT2D eigenvalue weighted by atomic mass is 79.9. The van der Waals surface area contributed by atoms with E-state index in [4.69, 9.17) is 14.5 Å². The summed E-state index contributed by atoms with van der Waals surface area (Å²) in [5, 5.41) is 7.26. The van der Waals surface area contributed by atoms with Crippen LogP contribution in [-0.4, -0.2) is 84.1 Å². The highest BCUT2D eigenvalue weighted by molar-refractivity contribution is 9.10. The van der Waals surface area contributed by atoms with Gasteiger partial charge in [-0.05, 0) is 47.9 Å². The van der Waals surface area contributed by atoms with E-state index in [0.717, 1.165) is 37.6 Å². The molecule has 0 saturated carbocycles. The monoisotopic (exact) mass is 638 g/mol. The third kappa shape index (κ3) is 5.43. The molecular formula is C28H32BrN8O3P. The number of fused-ring (bicyclic) bond motifs is 4. The Kier molecular flexibility index (Phi) is 7.48. The minimum absolute atomic E-state index is 0.315. The fourth-order valence-electron chi connectivity index (χ4n) is 5.44. The van der Waals surface area contributed by atoms with Crippen molar-refractivity contribution in [3.8, 4) is 11.5 Å². The van der Waals surface area contributed by atoms with Gasteiger partial charge in [0, 0.05) is 50.4 Å². The van der Waals surface area contributed by atoms with Crippen molar-refractivity contribution in [1.29, 1.82) is 0 Å². The lowest BCUT2D eigenvalue weighted by Crippen LogP contribution is -2.57. The van der Waals surface area contributed by atoms with Crippen LogP contribution in [0.4, 0.5) is 28.8 Å². The van der Waals surface area contributed by atoms with Gasteiger partial charge in [-0.2, -0.15) is 4.98 Å². The molecule has 0 aliphatic carbocycles. The number of nitrogens with zero attached hydrogens (tertiary/aromatic N) is 6. The molecule has 1 fully saturated rings. The third-order valence-electron chi connectivity index (χ3n) is 7.43. The van der Waals surface area contributed by atoms with Gasteiger partial charge in [-0.15, -0.1) is 0 Å². The molecular weight excluding hydrogens is 607 g/mol. The number of hydrogen-bond donors (Lipinski definition) is 2. The fourth-order valence-corrected chi connectivity index (χ4v) is 7.12. The molecule has 0 spiro atoms. The second-order valence-electron chi connectivity index (χ2n) is 10.4. The maximum atomic E-state index is 13.3. The maximum absolute atomic E-state index is 13.3. The highest BCUT2D eigenvalue weighted by Gasteiger charge is 2.33. The summed E-state index contributed by atoms with van der Waals surface area (Å²) in [6, 6.07) is 7.98. The van der Waals surface area contributed by atoms with E-state index in [0.29, 0.717) is 62.3 Å². The van der Waals surface area contributed by atoms with Gasteiger partial charge in [-0.1, -0.05) is 6.92 Å². The summed E-state index contributed by atoms with van der Waals surface area (Å²) >= 11 is 3.55. The first-order valence-corrected chi connectivity index (χ1v) is 16.8. The normalized spacial score (nSPS) is 17.0. The smallest absolute Gasteiger partial charge is 0.229 e. The average molecular weight is 639 g/mol. The Morgan fingerprint density at radius 1 is 1.12 bits per heavy atom. The Morgan fingerprint density at radius 3 is 2.73 bits per heavy atom. The first kappa shape index (κ1) is 27.7. The number of hydrogen-bond acceptors (Lipinski definition) is 11. The van der Waals surface area contributed by atoms with Crippen LogP contribution in [0.15, 0.2) is 47.3 Å². The van der Waals surface area contributed by atoms with E-state index >= 15 is 0 Å². The Bertz CT molecular complexity index is 1670. The van der Waals surface area contributed by atoms with E-state index in [1.54, 1.807) is 39.0 Å². The van der Waals surface area contributed by atoms with Gasteiger partial charge < -0.3 is 29.6 Å². The predicted molar refractivity (Wildman–Crippen MR) is 167 cm³/mol. The number of aromatic nitrogens is 4. The van der Waals surface area contributed by atoms with Crippen molar-refractivity contribution < 1.29 is 14.0 Å². The molecule has 41 heavy (non-hydrogen) atoms. The second kappa shape index (κ2) is 11.1. The van der Waals surface area contributed by atoms with Gasteiger partial charge in [-0.3, -0.25) is 14.9 Å². The molecule has 1 saturated heterocycles. The van der Waals surface area contributed by atoms with Crippen molar-refractivity contribution in [2.75, 3.05) is 68.8 Å². The molecule has 4 aromatic rings. The summed E-state index contributed by atoms with van der Waals surface area (Å²) in [5.74, 6) is 2.33. The first-order valence-electron chi connectivity index (χ1n) is 13.4. The number of anilines is 5. The average Bonchev–Trinajstić information content (AvgIpc) is 2.97. The zero-order valence-corrected chi connectivity index (χ0v) is 25.9. The maximum Gasteiger partial charge on any atom is 0.229 e. The zero-order chi connectivity index (χ0) is 28.7. The Hall–Kier alpha value is -3.47. The quantitative estimate of drug-likeness (QED) is 0.271. The highest BCUT2D eigenvalue weighted by Crippen LogP contribution is 2.44. The van der Waals surface area contributed by atoms with E-state index in [1.807, 2.05) is 24.3 Å². The number of methoxy groups -OCH3 is 1. The molecule has 2 aromatic carbocycles. The molecule has 2 aromatic heterocycles. The van der Waals surface area contributed by atoms with Crippen molar-refractivity contribution in [2.24, 2.45) is 0 Å². The van der Waals surface area contributed by atoms with Gasteiger partial charge in [0.1, 0.15) is 36.6 Å². The minimum Gasteiger partial charge on any atom is -0.494 e. The van der Waals surface area contributed by atoms with Crippen LogP contribution in [0.25, 0.3) is 11.0 Å². The number of nitrogens with one attached hydrogen (secondary N) is 2. The van der Waals surface area contributed by atoms with Crippen molar-refractivity contribution in [3.63, 3.8) is 0 Å². The summed E-state index contributed by atoms with van der Waals surface area (Å²) in [6.45, 7) is 10.3. The van der Waals surface area contributed by atoms with Crippen LogP contribution in [0.2, 0.25) is 0 Å². The molecule has 2 N–H and O–H groups in total. The SMILES string of the molecule is CCN1CCN2c3cc(OC)c(Nc4ncc(Br)c(Nc5ccc6nccnc6c5P(C)(C)=O)n4)cc3OC[C@H]2C1. The molecule has 1 atom stereocenters. The lowest BCUT2D eigenvalue weighted by atomic mass is 10.1. The molecule has 0 bridgehead atoms. The topological polar surface area (TPSA) is 118 Å². The molecule has 0 amide bonds. The molecule has 214 valence electrons. The summed E-state index contributed by atoms with van der Waals surface area (Å²) in [7, 11) is -1.09. The van der Waals surface area contributed by atoms with Crippen LogP contribution in [0.1, 0.15) is 6.92 Å². The van der Waals surface area contributed by atoms with Crippen molar-refractivity contribution in [1.82, 2.24) is 24.8 Å². The van der Waals surface area contributed by atoms with Crippen LogP contribution in [-0.2, 0) is 4.57 Å². The van der Waals surface area contributed by atoms with Crippen LogP contribution in [0, 0.1) is 0 Å². The number of benzene rings is 2. The van der Waals surface area contributed by atoms with Crippen LogP contribution in [0.5, 0.6) is 11.5 Å². The van der Waals surface area contributed by atoms with Gasteiger partial charge in [0.2, 0.25) is 5.95 Å². The fraction of sp³-hybridized carbons (Fsp3) is 0.357. The molecule has 2 aliphatic heterocycles. The van der Waals surface area contributed by atoms with Gasteiger partial charge in [0.05, 0.1) is 45.5 Å².